The van der Waals surface area contributed by atoms with Crippen LogP contribution >= 0.6 is 11.8 Å². The Morgan fingerprint density at radius 1 is 1.56 bits per heavy atom. The van der Waals surface area contributed by atoms with Gasteiger partial charge < -0.3 is 5.32 Å². The molecule has 0 aromatic carbocycles. The van der Waals surface area contributed by atoms with Gasteiger partial charge in [-0.05, 0) is 27.2 Å². The zero-order chi connectivity index (χ0) is 12.2. The largest absolute Gasteiger partial charge is 0.351 e. The van der Waals surface area contributed by atoms with Crippen LogP contribution in [0.25, 0.3) is 0 Å². The molecule has 1 aromatic rings. The number of aromatic amines is 1. The van der Waals surface area contributed by atoms with E-state index in [1.807, 2.05) is 27.7 Å². The molecule has 1 rings (SSSR count). The summed E-state index contributed by atoms with van der Waals surface area (Å²) < 4.78 is 0. The van der Waals surface area contributed by atoms with E-state index in [2.05, 4.69) is 20.5 Å². The molecule has 1 aromatic heterocycles. The summed E-state index contributed by atoms with van der Waals surface area (Å²) in [6.45, 7) is 7.89. The van der Waals surface area contributed by atoms with Crippen LogP contribution in [0.3, 0.4) is 0 Å². The molecule has 0 saturated heterocycles. The Hall–Kier alpha value is -1.04. The van der Waals surface area contributed by atoms with Crippen molar-refractivity contribution in [3.63, 3.8) is 0 Å². The quantitative estimate of drug-likeness (QED) is 0.768. The Morgan fingerprint density at radius 3 is 2.75 bits per heavy atom. The van der Waals surface area contributed by atoms with E-state index < -0.39 is 0 Å². The third kappa shape index (κ3) is 4.22. The molecule has 0 aliphatic carbocycles. The van der Waals surface area contributed by atoms with E-state index in [9.17, 15) is 4.79 Å². The van der Waals surface area contributed by atoms with Crippen molar-refractivity contribution in [2.24, 2.45) is 0 Å². The number of rotatable bonds is 5. The molecule has 0 aliphatic heterocycles. The number of carbonyl (C=O) groups excluding carboxylic acids is 1. The third-order valence-electron chi connectivity index (χ3n) is 2.27. The van der Waals surface area contributed by atoms with Gasteiger partial charge in [0, 0.05) is 5.54 Å². The molecule has 0 bridgehead atoms. The molecule has 6 heteroatoms. The number of hydrogen-bond donors (Lipinski definition) is 2. The van der Waals surface area contributed by atoms with Crippen molar-refractivity contribution < 1.29 is 4.79 Å². The first kappa shape index (κ1) is 13.0. The standard InChI is InChI=1S/C10H18N4OS/c1-5-10(3,4)12-8(15)6-16-9-11-7(2)13-14-9/h5-6H2,1-4H3,(H,12,15)(H,11,13,14). The van der Waals surface area contributed by atoms with E-state index in [1.165, 1.54) is 11.8 Å². The molecule has 0 aliphatic rings. The van der Waals surface area contributed by atoms with E-state index in [1.54, 1.807) is 0 Å². The molecule has 16 heavy (non-hydrogen) atoms. The van der Waals surface area contributed by atoms with Crippen LogP contribution in [0.5, 0.6) is 0 Å². The Labute approximate surface area is 99.8 Å². The highest BCUT2D eigenvalue weighted by Gasteiger charge is 2.17. The van der Waals surface area contributed by atoms with Crippen LogP contribution in [0.15, 0.2) is 5.16 Å². The van der Waals surface area contributed by atoms with Gasteiger partial charge in [0.1, 0.15) is 5.82 Å². The van der Waals surface area contributed by atoms with Crippen molar-refractivity contribution in [3.05, 3.63) is 5.82 Å². The maximum absolute atomic E-state index is 11.6. The van der Waals surface area contributed by atoms with Crippen LogP contribution in [0, 0.1) is 6.92 Å². The number of H-pyrrole nitrogens is 1. The van der Waals surface area contributed by atoms with Gasteiger partial charge in [0.05, 0.1) is 5.75 Å². The van der Waals surface area contributed by atoms with Crippen LogP contribution < -0.4 is 5.32 Å². The zero-order valence-corrected chi connectivity index (χ0v) is 10.9. The molecular formula is C10H18N4OS. The second-order valence-corrected chi connectivity index (χ2v) is 5.22. The minimum absolute atomic E-state index is 0.0132. The maximum Gasteiger partial charge on any atom is 0.230 e. The number of amides is 1. The first-order valence-electron chi connectivity index (χ1n) is 5.26. The average molecular weight is 242 g/mol. The molecule has 1 heterocycles. The highest BCUT2D eigenvalue weighted by atomic mass is 32.2. The van der Waals surface area contributed by atoms with Gasteiger partial charge in [-0.25, -0.2) is 4.98 Å². The van der Waals surface area contributed by atoms with Crippen molar-refractivity contribution in [2.45, 2.75) is 44.8 Å². The Kier molecular flexibility index (Phi) is 4.35. The van der Waals surface area contributed by atoms with E-state index >= 15 is 0 Å². The van der Waals surface area contributed by atoms with Gasteiger partial charge in [-0.2, -0.15) is 0 Å². The van der Waals surface area contributed by atoms with Gasteiger partial charge in [-0.1, -0.05) is 18.7 Å². The number of nitrogens with one attached hydrogen (secondary N) is 2. The predicted octanol–water partition coefficient (Wildman–Crippen LogP) is 1.51. The number of aromatic nitrogens is 3. The number of nitrogens with zero attached hydrogens (tertiary/aromatic N) is 2. The van der Waals surface area contributed by atoms with E-state index in [0.29, 0.717) is 10.9 Å². The Morgan fingerprint density at radius 2 is 2.25 bits per heavy atom. The first-order valence-corrected chi connectivity index (χ1v) is 6.24. The summed E-state index contributed by atoms with van der Waals surface area (Å²) in [6, 6.07) is 0. The molecular weight excluding hydrogens is 224 g/mol. The second kappa shape index (κ2) is 5.34. The Bertz CT molecular complexity index is 361. The number of aryl methyl sites for hydroxylation is 1. The SMILES string of the molecule is CCC(C)(C)NC(=O)CSc1n[nH]c(C)n1. The average Bonchev–Trinajstić information content (AvgIpc) is 2.61. The molecule has 0 atom stereocenters. The van der Waals surface area contributed by atoms with Crippen LogP contribution in [0.1, 0.15) is 33.0 Å². The van der Waals surface area contributed by atoms with Crippen LogP contribution in [0.4, 0.5) is 0 Å². The monoisotopic (exact) mass is 242 g/mol. The minimum atomic E-state index is -0.146. The first-order chi connectivity index (χ1) is 7.43. The summed E-state index contributed by atoms with van der Waals surface area (Å²) in [5.41, 5.74) is -0.146. The van der Waals surface area contributed by atoms with Crippen LogP contribution in [0.2, 0.25) is 0 Å². The fourth-order valence-electron chi connectivity index (χ4n) is 1.02. The third-order valence-corrected chi connectivity index (χ3v) is 3.12. The summed E-state index contributed by atoms with van der Waals surface area (Å²) in [5, 5.41) is 10.3. The lowest BCUT2D eigenvalue weighted by molar-refractivity contribution is -0.120. The lowest BCUT2D eigenvalue weighted by atomic mass is 10.0. The van der Waals surface area contributed by atoms with E-state index in [-0.39, 0.29) is 11.4 Å². The summed E-state index contributed by atoms with van der Waals surface area (Å²) >= 11 is 1.34. The molecule has 2 N–H and O–H groups in total. The van der Waals surface area contributed by atoms with Crippen molar-refractivity contribution in [1.82, 2.24) is 20.5 Å². The van der Waals surface area contributed by atoms with Crippen molar-refractivity contribution in [1.29, 1.82) is 0 Å². The van der Waals surface area contributed by atoms with Gasteiger partial charge in [0.25, 0.3) is 0 Å². The highest BCUT2D eigenvalue weighted by molar-refractivity contribution is 7.99. The molecule has 5 nitrogen and oxygen atoms in total. The lowest BCUT2D eigenvalue weighted by Crippen LogP contribution is -2.43. The molecule has 1 amide bonds. The summed E-state index contributed by atoms with van der Waals surface area (Å²) in [7, 11) is 0. The molecule has 0 unspecified atom stereocenters. The summed E-state index contributed by atoms with van der Waals surface area (Å²) in [5.74, 6) is 1.12. The number of thioether (sulfide) groups is 1. The van der Waals surface area contributed by atoms with E-state index in [0.717, 1.165) is 12.2 Å². The lowest BCUT2D eigenvalue weighted by Gasteiger charge is -2.24. The molecule has 0 saturated carbocycles. The highest BCUT2D eigenvalue weighted by Crippen LogP contribution is 2.13. The fourth-order valence-corrected chi connectivity index (χ4v) is 1.66. The van der Waals surface area contributed by atoms with E-state index in [4.69, 9.17) is 0 Å². The predicted molar refractivity (Wildman–Crippen MR) is 64.4 cm³/mol. The summed E-state index contributed by atoms with van der Waals surface area (Å²) in [4.78, 5) is 15.7. The fraction of sp³-hybridized carbons (Fsp3) is 0.700. The van der Waals surface area contributed by atoms with Crippen LogP contribution in [-0.4, -0.2) is 32.4 Å². The number of hydrogen-bond acceptors (Lipinski definition) is 4. The van der Waals surface area contributed by atoms with Gasteiger partial charge >= 0.3 is 0 Å². The molecule has 90 valence electrons. The Balaban J connectivity index is 2.36. The van der Waals surface area contributed by atoms with Gasteiger partial charge in [-0.15, -0.1) is 5.10 Å². The topological polar surface area (TPSA) is 70.7 Å². The van der Waals surface area contributed by atoms with Gasteiger partial charge in [0.2, 0.25) is 11.1 Å². The van der Waals surface area contributed by atoms with Crippen molar-refractivity contribution >= 4 is 17.7 Å². The molecule has 0 fully saturated rings. The molecule has 0 radical (unpaired) electrons. The van der Waals surface area contributed by atoms with Crippen LogP contribution in [-0.2, 0) is 4.79 Å². The number of carbonyl (C=O) groups is 1. The normalized spacial score (nSPS) is 11.5. The minimum Gasteiger partial charge on any atom is -0.351 e. The smallest absolute Gasteiger partial charge is 0.230 e. The van der Waals surface area contributed by atoms with Gasteiger partial charge in [-0.3, -0.25) is 9.89 Å². The van der Waals surface area contributed by atoms with Crippen molar-refractivity contribution in [3.8, 4) is 0 Å². The zero-order valence-electron chi connectivity index (χ0n) is 10.1. The second-order valence-electron chi connectivity index (χ2n) is 4.28. The molecule has 0 spiro atoms. The summed E-state index contributed by atoms with van der Waals surface area (Å²) in [6.07, 6.45) is 0.906. The van der Waals surface area contributed by atoms with Gasteiger partial charge in [0.15, 0.2) is 0 Å². The van der Waals surface area contributed by atoms with Crippen molar-refractivity contribution in [2.75, 3.05) is 5.75 Å². The maximum atomic E-state index is 11.6.